The second kappa shape index (κ2) is 8.00. The fraction of sp³-hybridized carbons (Fsp3) is 0.571. The van der Waals surface area contributed by atoms with Crippen LogP contribution in [0.5, 0.6) is 0 Å². The zero-order chi connectivity index (χ0) is 18.7. The van der Waals surface area contributed by atoms with Gasteiger partial charge in [0.2, 0.25) is 5.91 Å². The predicted octanol–water partition coefficient (Wildman–Crippen LogP) is 2.44. The monoisotopic (exact) mass is 371 g/mol. The molecular weight excluding hydrogens is 342 g/mol. The van der Waals surface area contributed by atoms with Crippen molar-refractivity contribution in [1.82, 2.24) is 15.2 Å². The maximum atomic E-state index is 11.5. The summed E-state index contributed by atoms with van der Waals surface area (Å²) in [4.78, 5) is 17.6. The zero-order valence-electron chi connectivity index (χ0n) is 16.0. The van der Waals surface area contributed by atoms with Crippen molar-refractivity contribution in [3.8, 4) is 0 Å². The van der Waals surface area contributed by atoms with Crippen molar-refractivity contribution < 1.29 is 14.3 Å². The molecule has 2 N–H and O–H groups in total. The number of ether oxygens (including phenoxy) is 2. The molecule has 1 spiro atoms. The Morgan fingerprint density at radius 1 is 1.33 bits per heavy atom. The quantitative estimate of drug-likeness (QED) is 0.819. The average molecular weight is 371 g/mol. The smallest absolute Gasteiger partial charge is 0.246 e. The van der Waals surface area contributed by atoms with Gasteiger partial charge >= 0.3 is 0 Å². The molecule has 1 unspecified atom stereocenters. The molecule has 2 saturated heterocycles. The van der Waals surface area contributed by atoms with Gasteiger partial charge in [0.1, 0.15) is 6.61 Å². The molecule has 6 nitrogen and oxygen atoms in total. The van der Waals surface area contributed by atoms with Crippen LogP contribution in [0.3, 0.4) is 0 Å². The third-order valence-corrected chi connectivity index (χ3v) is 5.89. The van der Waals surface area contributed by atoms with Crippen LogP contribution in [0.2, 0.25) is 0 Å². The molecule has 0 bridgehead atoms. The Kier molecular flexibility index (Phi) is 5.48. The van der Waals surface area contributed by atoms with Crippen molar-refractivity contribution in [2.24, 2.45) is 0 Å². The number of hydrogen-bond donors (Lipinski definition) is 2. The van der Waals surface area contributed by atoms with E-state index in [4.69, 9.17) is 9.47 Å². The number of fused-ring (bicyclic) bond motifs is 1. The lowest BCUT2D eigenvalue weighted by Crippen LogP contribution is -2.45. The third kappa shape index (κ3) is 4.34. The van der Waals surface area contributed by atoms with E-state index >= 15 is 0 Å². The number of amides is 1. The van der Waals surface area contributed by atoms with E-state index in [-0.39, 0.29) is 24.2 Å². The number of H-pyrrole nitrogens is 1. The van der Waals surface area contributed by atoms with Crippen LogP contribution in [0, 0.1) is 0 Å². The Labute approximate surface area is 160 Å². The number of aromatic amines is 1. The molecule has 27 heavy (non-hydrogen) atoms. The predicted molar refractivity (Wildman–Crippen MR) is 105 cm³/mol. The second-order valence-electron chi connectivity index (χ2n) is 7.86. The van der Waals surface area contributed by atoms with Crippen LogP contribution in [0.1, 0.15) is 31.4 Å². The minimum atomic E-state index is -0.0739. The number of methoxy groups -OCH3 is 1. The number of nitrogens with one attached hydrogen (secondary N) is 2. The standard InChI is InChI=1S/C21H29N3O3/c1-26-15-20(25)22-13-18-6-7-21(27-18)8-10-24(11-9-21)14-17-12-16-4-2-3-5-19(16)23-17/h2-5,12,18,23H,6-11,13-15H2,1H3,(H,22,25). The van der Waals surface area contributed by atoms with Crippen molar-refractivity contribution >= 4 is 16.8 Å². The molecule has 0 radical (unpaired) electrons. The lowest BCUT2D eigenvalue weighted by molar-refractivity contribution is -0.126. The van der Waals surface area contributed by atoms with Gasteiger partial charge in [0, 0.05) is 44.5 Å². The van der Waals surface area contributed by atoms with E-state index in [2.05, 4.69) is 45.5 Å². The van der Waals surface area contributed by atoms with Gasteiger partial charge in [-0.2, -0.15) is 0 Å². The summed E-state index contributed by atoms with van der Waals surface area (Å²) >= 11 is 0. The van der Waals surface area contributed by atoms with E-state index in [1.165, 1.54) is 23.7 Å². The molecule has 1 aromatic heterocycles. The van der Waals surface area contributed by atoms with Gasteiger partial charge in [-0.05, 0) is 43.2 Å². The highest BCUT2D eigenvalue weighted by Crippen LogP contribution is 2.39. The Morgan fingerprint density at radius 2 is 2.15 bits per heavy atom. The van der Waals surface area contributed by atoms with Crippen LogP contribution in [0.25, 0.3) is 10.9 Å². The molecule has 146 valence electrons. The van der Waals surface area contributed by atoms with E-state index in [1.807, 2.05) is 0 Å². The number of rotatable bonds is 6. The van der Waals surface area contributed by atoms with E-state index in [0.717, 1.165) is 45.3 Å². The first-order valence-corrected chi connectivity index (χ1v) is 9.88. The molecule has 4 rings (SSSR count). The van der Waals surface area contributed by atoms with Crippen molar-refractivity contribution in [1.29, 1.82) is 0 Å². The molecule has 2 aliphatic rings. The normalized spacial score (nSPS) is 22.5. The Hall–Kier alpha value is -1.89. The van der Waals surface area contributed by atoms with E-state index in [0.29, 0.717) is 6.54 Å². The number of carbonyl (C=O) groups excluding carboxylic acids is 1. The number of piperidine rings is 1. The summed E-state index contributed by atoms with van der Waals surface area (Å²) in [5, 5.41) is 4.17. The summed E-state index contributed by atoms with van der Waals surface area (Å²) in [5.41, 5.74) is 2.49. The minimum absolute atomic E-state index is 0.00754. The molecule has 2 aromatic rings. The highest BCUT2D eigenvalue weighted by Gasteiger charge is 2.42. The summed E-state index contributed by atoms with van der Waals surface area (Å²) in [5.74, 6) is -0.0739. The first kappa shape index (κ1) is 18.5. The van der Waals surface area contributed by atoms with Gasteiger partial charge in [0.25, 0.3) is 0 Å². The topological polar surface area (TPSA) is 66.6 Å². The van der Waals surface area contributed by atoms with Crippen LogP contribution in [0.15, 0.2) is 30.3 Å². The molecule has 0 aliphatic carbocycles. The number of carbonyl (C=O) groups is 1. The van der Waals surface area contributed by atoms with E-state index in [1.54, 1.807) is 0 Å². The maximum Gasteiger partial charge on any atom is 0.246 e. The highest BCUT2D eigenvalue weighted by molar-refractivity contribution is 5.80. The summed E-state index contributed by atoms with van der Waals surface area (Å²) in [6.07, 6.45) is 4.38. The van der Waals surface area contributed by atoms with Crippen molar-refractivity contribution in [3.05, 3.63) is 36.0 Å². The van der Waals surface area contributed by atoms with Crippen LogP contribution in [-0.4, -0.2) is 60.8 Å². The molecule has 2 fully saturated rings. The molecule has 1 atom stereocenters. The summed E-state index contributed by atoms with van der Waals surface area (Å²) in [6, 6.07) is 10.7. The molecule has 1 aromatic carbocycles. The molecule has 2 aliphatic heterocycles. The Bertz CT molecular complexity index is 747. The van der Waals surface area contributed by atoms with Gasteiger partial charge in [0.05, 0.1) is 11.7 Å². The number of benzene rings is 1. The lowest BCUT2D eigenvalue weighted by atomic mass is 9.88. The number of hydrogen-bond acceptors (Lipinski definition) is 4. The molecule has 6 heteroatoms. The Morgan fingerprint density at radius 3 is 2.93 bits per heavy atom. The summed E-state index contributed by atoms with van der Waals surface area (Å²) in [7, 11) is 1.53. The van der Waals surface area contributed by atoms with Gasteiger partial charge in [-0.3, -0.25) is 9.69 Å². The number of para-hydroxylation sites is 1. The molecular formula is C21H29N3O3. The van der Waals surface area contributed by atoms with Gasteiger partial charge in [0.15, 0.2) is 0 Å². The second-order valence-corrected chi connectivity index (χ2v) is 7.86. The number of aromatic nitrogens is 1. The van der Waals surface area contributed by atoms with Gasteiger partial charge < -0.3 is 19.8 Å². The van der Waals surface area contributed by atoms with Crippen LogP contribution in [-0.2, 0) is 20.8 Å². The van der Waals surface area contributed by atoms with Crippen molar-refractivity contribution in [2.75, 3.05) is 33.4 Å². The summed E-state index contributed by atoms with van der Waals surface area (Å²) < 4.78 is 11.2. The third-order valence-electron chi connectivity index (χ3n) is 5.89. The Balaban J connectivity index is 1.25. The zero-order valence-corrected chi connectivity index (χ0v) is 16.0. The first-order valence-electron chi connectivity index (χ1n) is 9.88. The first-order chi connectivity index (χ1) is 13.2. The van der Waals surface area contributed by atoms with E-state index in [9.17, 15) is 4.79 Å². The number of nitrogens with zero attached hydrogens (tertiary/aromatic N) is 1. The van der Waals surface area contributed by atoms with Crippen molar-refractivity contribution in [3.63, 3.8) is 0 Å². The SMILES string of the molecule is COCC(=O)NCC1CCC2(CCN(Cc3cc4ccccc4[nH]3)CC2)O1. The van der Waals surface area contributed by atoms with Crippen LogP contribution >= 0.6 is 0 Å². The molecule has 1 amide bonds. The van der Waals surface area contributed by atoms with Crippen LogP contribution in [0.4, 0.5) is 0 Å². The molecule has 0 saturated carbocycles. The van der Waals surface area contributed by atoms with Crippen molar-refractivity contribution in [2.45, 2.75) is 43.9 Å². The largest absolute Gasteiger partial charge is 0.375 e. The molecule has 3 heterocycles. The summed E-state index contributed by atoms with van der Waals surface area (Å²) in [6.45, 7) is 3.76. The minimum Gasteiger partial charge on any atom is -0.375 e. The van der Waals surface area contributed by atoms with E-state index < -0.39 is 0 Å². The van der Waals surface area contributed by atoms with Gasteiger partial charge in [-0.25, -0.2) is 0 Å². The fourth-order valence-electron chi connectivity index (χ4n) is 4.40. The number of likely N-dealkylation sites (tertiary alicyclic amines) is 1. The van der Waals surface area contributed by atoms with Gasteiger partial charge in [-0.1, -0.05) is 18.2 Å². The average Bonchev–Trinajstić information content (AvgIpc) is 3.26. The van der Waals surface area contributed by atoms with Crippen LogP contribution < -0.4 is 5.32 Å². The van der Waals surface area contributed by atoms with Gasteiger partial charge in [-0.15, -0.1) is 0 Å². The maximum absolute atomic E-state index is 11.5. The fourth-order valence-corrected chi connectivity index (χ4v) is 4.40. The highest BCUT2D eigenvalue weighted by atomic mass is 16.5. The lowest BCUT2D eigenvalue weighted by Gasteiger charge is -2.39.